The van der Waals surface area contributed by atoms with Crippen molar-refractivity contribution in [3.05, 3.63) is 12.4 Å². The van der Waals surface area contributed by atoms with Crippen LogP contribution in [-0.2, 0) is 0 Å². The number of hydrogen-bond donors (Lipinski definition) is 0. The van der Waals surface area contributed by atoms with Crippen molar-refractivity contribution in [1.82, 2.24) is 14.0 Å². The molecule has 1 fully saturated rings. The smallest absolute Gasteiger partial charge is 0.177 e. The fraction of sp³-hybridized carbons (Fsp3) is 0.750. The van der Waals surface area contributed by atoms with Crippen LogP contribution in [0.15, 0.2) is 12.4 Å². The molecule has 0 amide bonds. The molecule has 0 aromatic rings. The molecule has 2 rings (SSSR count). The van der Waals surface area contributed by atoms with Gasteiger partial charge in [-0.1, -0.05) is 0 Å². The maximum Gasteiger partial charge on any atom is 0.177 e. The van der Waals surface area contributed by atoms with Crippen molar-refractivity contribution in [3.8, 4) is 0 Å². The van der Waals surface area contributed by atoms with Gasteiger partial charge in [0.05, 0.1) is 0 Å². The second kappa shape index (κ2) is 3.23. The molecule has 12 heavy (non-hydrogen) atoms. The van der Waals surface area contributed by atoms with Gasteiger partial charge in [-0.25, -0.2) is 4.67 Å². The van der Waals surface area contributed by atoms with E-state index in [1.807, 2.05) is 0 Å². The summed E-state index contributed by atoms with van der Waals surface area (Å²) in [5.74, 6) is 0. The fourth-order valence-electron chi connectivity index (χ4n) is 1.81. The molecule has 2 heterocycles. The van der Waals surface area contributed by atoms with E-state index >= 15 is 0 Å². The summed E-state index contributed by atoms with van der Waals surface area (Å²) < 4.78 is 7.26. The minimum atomic E-state index is -0.180. The lowest BCUT2D eigenvalue weighted by molar-refractivity contribution is 0.495. The van der Waals surface area contributed by atoms with Gasteiger partial charge in [0.15, 0.2) is 8.37 Å². The third-order valence-corrected chi connectivity index (χ3v) is 4.70. The van der Waals surface area contributed by atoms with Crippen LogP contribution in [0.25, 0.3) is 0 Å². The number of rotatable bonds is 1. The summed E-state index contributed by atoms with van der Waals surface area (Å²) >= 11 is 0. The molecule has 2 aliphatic rings. The van der Waals surface area contributed by atoms with E-state index in [0.717, 1.165) is 0 Å². The summed E-state index contributed by atoms with van der Waals surface area (Å²) in [5.41, 5.74) is 0. The lowest BCUT2D eigenvalue weighted by Gasteiger charge is -2.33. The zero-order chi connectivity index (χ0) is 8.55. The highest BCUT2D eigenvalue weighted by Crippen LogP contribution is 2.51. The summed E-state index contributed by atoms with van der Waals surface area (Å²) in [6.45, 7) is 2.56. The molecule has 2 aliphatic heterocycles. The molecule has 0 aromatic carbocycles. The highest BCUT2D eigenvalue weighted by atomic mass is 31.2. The minimum absolute atomic E-state index is 0.180. The zero-order valence-corrected chi connectivity index (χ0v) is 8.67. The van der Waals surface area contributed by atoms with E-state index in [9.17, 15) is 0 Å². The van der Waals surface area contributed by atoms with Gasteiger partial charge in [0.2, 0.25) is 0 Å². The number of hydrogen-bond acceptors (Lipinski definition) is 3. The molecular weight excluding hydrogens is 169 g/mol. The highest BCUT2D eigenvalue weighted by Gasteiger charge is 2.30. The molecule has 0 radical (unpaired) electrons. The van der Waals surface area contributed by atoms with Crippen LogP contribution in [0, 0.1) is 0 Å². The molecular formula is C8H16N3P. The Labute approximate surface area is 75.5 Å². The Kier molecular flexibility index (Phi) is 2.24. The Morgan fingerprint density at radius 3 is 2.00 bits per heavy atom. The molecule has 0 spiro atoms. The standard InChI is InChI=1S/C8H16N3P/c1-9-7-8-10(2)12(9)11-5-3-4-6-11/h7-8H,3-6H2,1-2H3. The van der Waals surface area contributed by atoms with E-state index in [2.05, 4.69) is 40.5 Å². The number of nitrogens with zero attached hydrogens (tertiary/aromatic N) is 3. The first-order chi connectivity index (χ1) is 5.79. The molecule has 1 saturated heterocycles. The van der Waals surface area contributed by atoms with Crippen molar-refractivity contribution in [2.75, 3.05) is 27.2 Å². The van der Waals surface area contributed by atoms with Gasteiger partial charge in [-0.2, -0.15) is 0 Å². The lowest BCUT2D eigenvalue weighted by Crippen LogP contribution is -2.24. The van der Waals surface area contributed by atoms with Crippen LogP contribution in [0.3, 0.4) is 0 Å². The molecule has 4 heteroatoms. The second-order valence-corrected chi connectivity index (χ2v) is 5.74. The van der Waals surface area contributed by atoms with Crippen LogP contribution in [-0.4, -0.2) is 41.2 Å². The Balaban J connectivity index is 2.02. The van der Waals surface area contributed by atoms with Crippen molar-refractivity contribution in [1.29, 1.82) is 0 Å². The summed E-state index contributed by atoms with van der Waals surface area (Å²) in [6.07, 6.45) is 7.09. The average molecular weight is 185 g/mol. The summed E-state index contributed by atoms with van der Waals surface area (Å²) in [5, 5.41) is 0. The Hall–Kier alpha value is -0.270. The van der Waals surface area contributed by atoms with E-state index in [1.54, 1.807) is 0 Å². The van der Waals surface area contributed by atoms with Gasteiger partial charge in [0.25, 0.3) is 0 Å². The molecule has 0 bridgehead atoms. The SMILES string of the molecule is CN1C=CN(C)P1N1CCCC1. The molecule has 68 valence electrons. The topological polar surface area (TPSA) is 9.72 Å². The maximum absolute atomic E-state index is 2.59. The Morgan fingerprint density at radius 2 is 1.50 bits per heavy atom. The minimum Gasteiger partial charge on any atom is -0.330 e. The van der Waals surface area contributed by atoms with Gasteiger partial charge < -0.3 is 9.34 Å². The molecule has 3 nitrogen and oxygen atoms in total. The summed E-state index contributed by atoms with van der Waals surface area (Å²) in [7, 11) is 4.16. The van der Waals surface area contributed by atoms with Crippen molar-refractivity contribution < 1.29 is 0 Å². The van der Waals surface area contributed by atoms with Crippen LogP contribution in [0.2, 0.25) is 0 Å². The molecule has 0 saturated carbocycles. The quantitative estimate of drug-likeness (QED) is 0.575. The molecule has 0 aromatic heterocycles. The van der Waals surface area contributed by atoms with Gasteiger partial charge >= 0.3 is 0 Å². The second-order valence-electron chi connectivity index (χ2n) is 3.37. The Morgan fingerprint density at radius 1 is 1.00 bits per heavy atom. The van der Waals surface area contributed by atoms with Crippen molar-refractivity contribution in [3.63, 3.8) is 0 Å². The van der Waals surface area contributed by atoms with Crippen molar-refractivity contribution in [2.45, 2.75) is 12.8 Å². The van der Waals surface area contributed by atoms with Gasteiger partial charge in [-0.3, -0.25) is 0 Å². The zero-order valence-electron chi connectivity index (χ0n) is 7.77. The first-order valence-electron chi connectivity index (χ1n) is 4.48. The van der Waals surface area contributed by atoms with E-state index in [-0.39, 0.29) is 8.37 Å². The van der Waals surface area contributed by atoms with Crippen LogP contribution >= 0.6 is 8.37 Å². The highest BCUT2D eigenvalue weighted by molar-refractivity contribution is 7.50. The largest absolute Gasteiger partial charge is 0.330 e. The monoisotopic (exact) mass is 185 g/mol. The Bertz CT molecular complexity index is 177. The van der Waals surface area contributed by atoms with E-state index in [1.165, 1.54) is 25.9 Å². The van der Waals surface area contributed by atoms with E-state index in [0.29, 0.717) is 0 Å². The third kappa shape index (κ3) is 1.32. The first-order valence-corrected chi connectivity index (χ1v) is 5.68. The van der Waals surface area contributed by atoms with Crippen molar-refractivity contribution >= 4 is 8.37 Å². The van der Waals surface area contributed by atoms with Crippen LogP contribution in [0.4, 0.5) is 0 Å². The van der Waals surface area contributed by atoms with Gasteiger partial charge in [-0.05, 0) is 12.8 Å². The normalized spacial score (nSPS) is 26.2. The fourth-order valence-corrected chi connectivity index (χ4v) is 4.05. The van der Waals surface area contributed by atoms with Crippen LogP contribution < -0.4 is 0 Å². The molecule has 0 N–H and O–H groups in total. The molecule has 0 atom stereocenters. The lowest BCUT2D eigenvalue weighted by atomic mass is 10.4. The predicted octanol–water partition coefficient (Wildman–Crippen LogP) is 1.66. The van der Waals surface area contributed by atoms with E-state index < -0.39 is 0 Å². The van der Waals surface area contributed by atoms with Gasteiger partial charge in [0.1, 0.15) is 0 Å². The van der Waals surface area contributed by atoms with Crippen molar-refractivity contribution in [2.24, 2.45) is 0 Å². The van der Waals surface area contributed by atoms with Gasteiger partial charge in [-0.15, -0.1) is 0 Å². The summed E-state index contributed by atoms with van der Waals surface area (Å²) in [4.78, 5) is 0. The molecule has 0 unspecified atom stereocenters. The van der Waals surface area contributed by atoms with Crippen LogP contribution in [0.1, 0.15) is 12.8 Å². The van der Waals surface area contributed by atoms with Crippen LogP contribution in [0.5, 0.6) is 0 Å². The summed E-state index contributed by atoms with van der Waals surface area (Å²) in [6, 6.07) is 0. The predicted molar refractivity (Wildman–Crippen MR) is 52.4 cm³/mol. The van der Waals surface area contributed by atoms with Gasteiger partial charge in [0, 0.05) is 39.6 Å². The molecule has 0 aliphatic carbocycles. The maximum atomic E-state index is 2.59. The first kappa shape index (κ1) is 8.33. The van der Waals surface area contributed by atoms with E-state index in [4.69, 9.17) is 0 Å². The average Bonchev–Trinajstić information content (AvgIpc) is 2.61. The third-order valence-electron chi connectivity index (χ3n) is 2.40.